The second-order valence-electron chi connectivity index (χ2n) is 2.69. The van der Waals surface area contributed by atoms with Crippen molar-refractivity contribution in [1.29, 1.82) is 0 Å². The molecule has 0 radical (unpaired) electrons. The van der Waals surface area contributed by atoms with Gasteiger partial charge in [-0.05, 0) is 53.4 Å². The first-order valence-electron chi connectivity index (χ1n) is 3.92. The summed E-state index contributed by atoms with van der Waals surface area (Å²) in [7, 11) is 1.82. The molecule has 4 heteroatoms. The van der Waals surface area contributed by atoms with Gasteiger partial charge < -0.3 is 10.4 Å². The summed E-state index contributed by atoms with van der Waals surface area (Å²) in [5, 5.41) is 12.8. The zero-order valence-corrected chi connectivity index (χ0v) is 10.1. The van der Waals surface area contributed by atoms with Crippen molar-refractivity contribution in [2.75, 3.05) is 13.7 Å². The maximum absolute atomic E-state index is 9.09. The predicted molar refractivity (Wildman–Crippen MR) is 63.1 cm³/mol. The number of aliphatic hydroxyl groups excluding tert-OH is 1. The van der Waals surface area contributed by atoms with Gasteiger partial charge in [-0.1, -0.05) is 11.6 Å². The van der Waals surface area contributed by atoms with E-state index in [2.05, 4.69) is 27.9 Å². The third-order valence-corrected chi connectivity index (χ3v) is 3.08. The van der Waals surface area contributed by atoms with Crippen LogP contribution in [-0.4, -0.2) is 18.8 Å². The van der Waals surface area contributed by atoms with E-state index in [1.807, 2.05) is 25.2 Å². The Morgan fingerprint density at radius 1 is 1.62 bits per heavy atom. The number of benzene rings is 1. The Labute approximate surface area is 96.4 Å². The van der Waals surface area contributed by atoms with Gasteiger partial charge in [0.1, 0.15) is 0 Å². The van der Waals surface area contributed by atoms with E-state index in [0.717, 1.165) is 9.13 Å². The first-order valence-corrected chi connectivity index (χ1v) is 5.37. The summed E-state index contributed by atoms with van der Waals surface area (Å²) in [5.41, 5.74) is 1.04. The van der Waals surface area contributed by atoms with E-state index in [4.69, 9.17) is 16.7 Å². The van der Waals surface area contributed by atoms with Gasteiger partial charge in [-0.15, -0.1) is 0 Å². The van der Waals surface area contributed by atoms with Crippen LogP contribution in [0.15, 0.2) is 18.2 Å². The smallest absolute Gasteiger partial charge is 0.0626 e. The van der Waals surface area contributed by atoms with E-state index < -0.39 is 0 Å². The highest BCUT2D eigenvalue weighted by Gasteiger charge is 2.11. The van der Waals surface area contributed by atoms with Crippen LogP contribution in [0.25, 0.3) is 0 Å². The summed E-state index contributed by atoms with van der Waals surface area (Å²) in [6.07, 6.45) is 0. The Bertz CT molecular complexity index is 289. The van der Waals surface area contributed by atoms with Crippen LogP contribution in [0.4, 0.5) is 0 Å². The molecule has 0 aliphatic carbocycles. The molecular formula is C9H11ClINO. The van der Waals surface area contributed by atoms with Crippen LogP contribution in [0.2, 0.25) is 5.02 Å². The SMILES string of the molecule is CN[C@H](CO)c1cc(Cl)ccc1I. The van der Waals surface area contributed by atoms with Crippen molar-refractivity contribution >= 4 is 34.2 Å². The van der Waals surface area contributed by atoms with Gasteiger partial charge in [0.15, 0.2) is 0 Å². The highest BCUT2D eigenvalue weighted by atomic mass is 127. The first kappa shape index (κ1) is 11.2. The predicted octanol–water partition coefficient (Wildman–Crippen LogP) is 2.20. The highest BCUT2D eigenvalue weighted by molar-refractivity contribution is 14.1. The molecule has 0 aliphatic rings. The molecule has 1 aromatic rings. The van der Waals surface area contributed by atoms with Gasteiger partial charge in [-0.25, -0.2) is 0 Å². The summed E-state index contributed by atoms with van der Waals surface area (Å²) in [4.78, 5) is 0. The fourth-order valence-corrected chi connectivity index (χ4v) is 2.02. The van der Waals surface area contributed by atoms with Crippen LogP contribution >= 0.6 is 34.2 Å². The molecule has 72 valence electrons. The summed E-state index contributed by atoms with van der Waals surface area (Å²) in [6, 6.07) is 5.63. The van der Waals surface area contributed by atoms with Gasteiger partial charge in [0.05, 0.1) is 12.6 Å². The van der Waals surface area contributed by atoms with Gasteiger partial charge in [0.25, 0.3) is 0 Å². The largest absolute Gasteiger partial charge is 0.394 e. The van der Waals surface area contributed by atoms with Gasteiger partial charge in [0.2, 0.25) is 0 Å². The summed E-state index contributed by atoms with van der Waals surface area (Å²) >= 11 is 8.09. The number of likely N-dealkylation sites (N-methyl/N-ethyl adjacent to an activating group) is 1. The minimum atomic E-state index is -0.0365. The number of aliphatic hydroxyl groups is 1. The molecule has 2 N–H and O–H groups in total. The van der Waals surface area contributed by atoms with E-state index in [-0.39, 0.29) is 12.6 Å². The number of rotatable bonds is 3. The quantitative estimate of drug-likeness (QED) is 0.839. The third kappa shape index (κ3) is 2.80. The zero-order chi connectivity index (χ0) is 9.84. The van der Waals surface area contributed by atoms with E-state index in [0.29, 0.717) is 5.02 Å². The molecule has 13 heavy (non-hydrogen) atoms. The number of nitrogens with one attached hydrogen (secondary N) is 1. The number of hydrogen-bond acceptors (Lipinski definition) is 2. The molecule has 1 rings (SSSR count). The van der Waals surface area contributed by atoms with Crippen molar-refractivity contribution in [3.63, 3.8) is 0 Å². The molecule has 0 saturated carbocycles. The highest BCUT2D eigenvalue weighted by Crippen LogP contribution is 2.23. The first-order chi connectivity index (χ1) is 6.19. The lowest BCUT2D eigenvalue weighted by Gasteiger charge is -2.15. The molecule has 0 aromatic heterocycles. The Kier molecular flexibility index (Phi) is 4.45. The number of halogens is 2. The van der Waals surface area contributed by atoms with Crippen LogP contribution in [-0.2, 0) is 0 Å². The normalized spacial score (nSPS) is 12.9. The molecule has 0 fully saturated rings. The average molecular weight is 312 g/mol. The molecular weight excluding hydrogens is 300 g/mol. The Morgan fingerprint density at radius 2 is 2.31 bits per heavy atom. The average Bonchev–Trinajstić information content (AvgIpc) is 2.13. The van der Waals surface area contributed by atoms with E-state index in [9.17, 15) is 0 Å². The minimum Gasteiger partial charge on any atom is -0.394 e. The standard InChI is InChI=1S/C9H11ClINO/c1-12-9(5-13)7-4-6(10)2-3-8(7)11/h2-4,9,12-13H,5H2,1H3/t9-/m1/s1. The minimum absolute atomic E-state index is 0.0365. The Hall–Kier alpha value is 0.160. The molecule has 0 amide bonds. The molecule has 0 aliphatic heterocycles. The van der Waals surface area contributed by atoms with Crippen molar-refractivity contribution in [2.45, 2.75) is 6.04 Å². The van der Waals surface area contributed by atoms with Gasteiger partial charge in [0, 0.05) is 8.59 Å². The Balaban J connectivity index is 3.03. The van der Waals surface area contributed by atoms with E-state index >= 15 is 0 Å². The van der Waals surface area contributed by atoms with Crippen LogP contribution in [0.1, 0.15) is 11.6 Å². The monoisotopic (exact) mass is 311 g/mol. The van der Waals surface area contributed by atoms with Gasteiger partial charge in [-0.3, -0.25) is 0 Å². The zero-order valence-electron chi connectivity index (χ0n) is 7.22. The molecule has 2 nitrogen and oxygen atoms in total. The second-order valence-corrected chi connectivity index (χ2v) is 4.29. The topological polar surface area (TPSA) is 32.3 Å². The maximum atomic E-state index is 9.09. The second kappa shape index (κ2) is 5.14. The summed E-state index contributed by atoms with van der Waals surface area (Å²) in [5.74, 6) is 0. The third-order valence-electron chi connectivity index (χ3n) is 1.86. The van der Waals surface area contributed by atoms with Crippen molar-refractivity contribution < 1.29 is 5.11 Å². The molecule has 1 atom stereocenters. The molecule has 1 aromatic carbocycles. The van der Waals surface area contributed by atoms with Crippen LogP contribution in [0, 0.1) is 3.57 Å². The van der Waals surface area contributed by atoms with Crippen LogP contribution in [0.3, 0.4) is 0 Å². The van der Waals surface area contributed by atoms with Crippen molar-refractivity contribution in [3.05, 3.63) is 32.4 Å². The lowest BCUT2D eigenvalue weighted by molar-refractivity contribution is 0.250. The maximum Gasteiger partial charge on any atom is 0.0626 e. The van der Waals surface area contributed by atoms with Crippen molar-refractivity contribution in [1.82, 2.24) is 5.32 Å². The molecule has 0 unspecified atom stereocenters. The summed E-state index contributed by atoms with van der Waals surface area (Å²) < 4.78 is 1.11. The van der Waals surface area contributed by atoms with Gasteiger partial charge >= 0.3 is 0 Å². The van der Waals surface area contributed by atoms with Crippen LogP contribution in [0.5, 0.6) is 0 Å². The molecule has 0 saturated heterocycles. The van der Waals surface area contributed by atoms with E-state index in [1.165, 1.54) is 0 Å². The van der Waals surface area contributed by atoms with Gasteiger partial charge in [-0.2, -0.15) is 0 Å². The summed E-state index contributed by atoms with van der Waals surface area (Å²) in [6.45, 7) is 0.0762. The molecule has 0 bridgehead atoms. The fraction of sp³-hybridized carbons (Fsp3) is 0.333. The molecule has 0 heterocycles. The van der Waals surface area contributed by atoms with Crippen LogP contribution < -0.4 is 5.32 Å². The fourth-order valence-electron chi connectivity index (χ4n) is 1.13. The van der Waals surface area contributed by atoms with Crippen molar-refractivity contribution in [2.24, 2.45) is 0 Å². The lowest BCUT2D eigenvalue weighted by Crippen LogP contribution is -2.20. The lowest BCUT2D eigenvalue weighted by atomic mass is 10.1. The molecule has 0 spiro atoms. The van der Waals surface area contributed by atoms with E-state index in [1.54, 1.807) is 0 Å². The Morgan fingerprint density at radius 3 is 2.85 bits per heavy atom. The van der Waals surface area contributed by atoms with Crippen molar-refractivity contribution in [3.8, 4) is 0 Å². The number of hydrogen-bond donors (Lipinski definition) is 2.